The molecule has 28 heavy (non-hydrogen) atoms. The number of carbonyl (C=O) groups excluding carboxylic acids is 2. The lowest BCUT2D eigenvalue weighted by Gasteiger charge is -2.26. The number of pyridine rings is 1. The Hall–Kier alpha value is -2.25. The molecular formula is C21H25N3O3S. The molecule has 0 saturated carbocycles. The third-order valence-corrected chi connectivity index (χ3v) is 6.59. The average Bonchev–Trinajstić information content (AvgIpc) is 3.18. The monoisotopic (exact) mass is 399 g/mol. The van der Waals surface area contributed by atoms with E-state index in [1.54, 1.807) is 17.5 Å². The molecule has 4 rings (SSSR count). The summed E-state index contributed by atoms with van der Waals surface area (Å²) in [4.78, 5) is 33.5. The minimum atomic E-state index is -0.0165. The number of aromatic nitrogens is 1. The van der Waals surface area contributed by atoms with Crippen molar-refractivity contribution in [1.82, 2.24) is 15.2 Å². The second-order valence-electron chi connectivity index (χ2n) is 7.27. The smallest absolute Gasteiger partial charge is 0.264 e. The highest BCUT2D eigenvalue weighted by molar-refractivity contribution is 7.14. The van der Waals surface area contributed by atoms with E-state index in [0.29, 0.717) is 32.8 Å². The molecule has 1 saturated heterocycles. The standard InChI is InChI=1S/C21H25N3O3S/c25-20(23-8-6-17-3-1-2-7-22-17)15-4-5-18-16(13-15)14-19(28-18)21(26)24-9-11-27-12-10-24/h1-3,7,14-15H,4-6,8-13H2,(H,23,25). The minimum Gasteiger partial charge on any atom is -0.378 e. The van der Waals surface area contributed by atoms with Crippen LogP contribution in [-0.2, 0) is 28.8 Å². The van der Waals surface area contributed by atoms with Crippen molar-refractivity contribution in [1.29, 1.82) is 0 Å². The van der Waals surface area contributed by atoms with Crippen molar-refractivity contribution in [3.63, 3.8) is 0 Å². The number of fused-ring (bicyclic) bond motifs is 1. The van der Waals surface area contributed by atoms with E-state index < -0.39 is 0 Å². The molecule has 2 aromatic heterocycles. The zero-order chi connectivity index (χ0) is 19.3. The molecule has 1 N–H and O–H groups in total. The van der Waals surface area contributed by atoms with Crippen LogP contribution >= 0.6 is 11.3 Å². The molecule has 0 spiro atoms. The van der Waals surface area contributed by atoms with Gasteiger partial charge in [-0.1, -0.05) is 6.07 Å². The maximum Gasteiger partial charge on any atom is 0.264 e. The Kier molecular flexibility index (Phi) is 6.02. The van der Waals surface area contributed by atoms with E-state index in [2.05, 4.69) is 10.3 Å². The predicted molar refractivity (Wildman–Crippen MR) is 108 cm³/mol. The summed E-state index contributed by atoms with van der Waals surface area (Å²) >= 11 is 1.59. The lowest BCUT2D eigenvalue weighted by molar-refractivity contribution is -0.125. The van der Waals surface area contributed by atoms with Crippen LogP contribution in [0.4, 0.5) is 0 Å². The van der Waals surface area contributed by atoms with Gasteiger partial charge in [-0.2, -0.15) is 0 Å². The number of hydrogen-bond acceptors (Lipinski definition) is 5. The number of carbonyl (C=O) groups is 2. The zero-order valence-electron chi connectivity index (χ0n) is 15.9. The highest BCUT2D eigenvalue weighted by Crippen LogP contribution is 2.33. The van der Waals surface area contributed by atoms with Gasteiger partial charge in [0.1, 0.15) is 0 Å². The topological polar surface area (TPSA) is 71.5 Å². The van der Waals surface area contributed by atoms with Gasteiger partial charge >= 0.3 is 0 Å². The molecule has 6 nitrogen and oxygen atoms in total. The molecular weight excluding hydrogens is 374 g/mol. The van der Waals surface area contributed by atoms with Crippen LogP contribution in [0.2, 0.25) is 0 Å². The third kappa shape index (κ3) is 4.42. The minimum absolute atomic E-state index is 0.0165. The molecule has 0 bridgehead atoms. The lowest BCUT2D eigenvalue weighted by Crippen LogP contribution is -2.40. The number of ether oxygens (including phenoxy) is 1. The van der Waals surface area contributed by atoms with Gasteiger partial charge in [0, 0.05) is 48.7 Å². The van der Waals surface area contributed by atoms with Gasteiger partial charge in [-0.05, 0) is 43.0 Å². The fraction of sp³-hybridized carbons (Fsp3) is 0.476. The van der Waals surface area contributed by atoms with Gasteiger partial charge in [0.25, 0.3) is 5.91 Å². The molecule has 1 unspecified atom stereocenters. The number of hydrogen-bond donors (Lipinski definition) is 1. The molecule has 2 aliphatic rings. The molecule has 1 aliphatic heterocycles. The molecule has 2 amide bonds. The first-order valence-corrected chi connectivity index (χ1v) is 10.7. The van der Waals surface area contributed by atoms with Gasteiger partial charge in [0.05, 0.1) is 18.1 Å². The Morgan fingerprint density at radius 1 is 1.29 bits per heavy atom. The largest absolute Gasteiger partial charge is 0.378 e. The Morgan fingerprint density at radius 3 is 2.93 bits per heavy atom. The first-order chi connectivity index (χ1) is 13.7. The van der Waals surface area contributed by atoms with Crippen molar-refractivity contribution in [2.45, 2.75) is 25.7 Å². The average molecular weight is 400 g/mol. The second-order valence-corrected chi connectivity index (χ2v) is 8.40. The number of nitrogens with one attached hydrogen (secondary N) is 1. The van der Waals surface area contributed by atoms with Crippen molar-refractivity contribution in [3.05, 3.63) is 51.5 Å². The number of thiophene rings is 1. The van der Waals surface area contributed by atoms with Crippen LogP contribution in [0.15, 0.2) is 30.5 Å². The second kappa shape index (κ2) is 8.84. The van der Waals surface area contributed by atoms with Gasteiger partial charge < -0.3 is 15.0 Å². The van der Waals surface area contributed by atoms with E-state index in [1.165, 1.54) is 4.88 Å². The lowest BCUT2D eigenvalue weighted by atomic mass is 9.87. The molecule has 1 fully saturated rings. The van der Waals surface area contributed by atoms with Gasteiger partial charge in [0.15, 0.2) is 0 Å². The van der Waals surface area contributed by atoms with Crippen LogP contribution in [0, 0.1) is 5.92 Å². The van der Waals surface area contributed by atoms with Crippen molar-refractivity contribution in [2.24, 2.45) is 5.92 Å². The summed E-state index contributed by atoms with van der Waals surface area (Å²) in [6.45, 7) is 3.13. The highest BCUT2D eigenvalue weighted by atomic mass is 32.1. The van der Waals surface area contributed by atoms with Crippen LogP contribution in [0.5, 0.6) is 0 Å². The molecule has 148 valence electrons. The number of nitrogens with zero attached hydrogens (tertiary/aromatic N) is 2. The zero-order valence-corrected chi connectivity index (χ0v) is 16.7. The molecule has 3 heterocycles. The predicted octanol–water partition coefficient (Wildman–Crippen LogP) is 2.08. The van der Waals surface area contributed by atoms with Crippen LogP contribution < -0.4 is 5.32 Å². The highest BCUT2D eigenvalue weighted by Gasteiger charge is 2.28. The summed E-state index contributed by atoms with van der Waals surface area (Å²) in [5, 5.41) is 3.05. The Bertz CT molecular complexity index is 831. The first-order valence-electron chi connectivity index (χ1n) is 9.87. The summed E-state index contributed by atoms with van der Waals surface area (Å²) in [6, 6.07) is 7.82. The summed E-state index contributed by atoms with van der Waals surface area (Å²) in [6.07, 6.45) is 4.94. The molecule has 1 atom stereocenters. The maximum atomic E-state index is 12.7. The van der Waals surface area contributed by atoms with E-state index in [1.807, 2.05) is 29.2 Å². The van der Waals surface area contributed by atoms with Crippen LogP contribution in [-0.4, -0.2) is 54.5 Å². The number of aryl methyl sites for hydroxylation is 1. The molecule has 2 aromatic rings. The van der Waals surface area contributed by atoms with E-state index in [0.717, 1.165) is 41.8 Å². The molecule has 1 aliphatic carbocycles. The fourth-order valence-electron chi connectivity index (χ4n) is 3.78. The van der Waals surface area contributed by atoms with Gasteiger partial charge in [-0.15, -0.1) is 11.3 Å². The van der Waals surface area contributed by atoms with Crippen molar-refractivity contribution in [3.8, 4) is 0 Å². The van der Waals surface area contributed by atoms with Gasteiger partial charge in [-0.25, -0.2) is 0 Å². The number of rotatable bonds is 5. The van der Waals surface area contributed by atoms with Crippen LogP contribution in [0.25, 0.3) is 0 Å². The molecule has 0 radical (unpaired) electrons. The van der Waals surface area contributed by atoms with E-state index in [9.17, 15) is 9.59 Å². The molecule has 0 aromatic carbocycles. The van der Waals surface area contributed by atoms with Crippen LogP contribution in [0.1, 0.15) is 32.2 Å². The summed E-state index contributed by atoms with van der Waals surface area (Å²) in [5.41, 5.74) is 2.15. The van der Waals surface area contributed by atoms with Gasteiger partial charge in [-0.3, -0.25) is 14.6 Å². The van der Waals surface area contributed by atoms with Crippen molar-refractivity contribution >= 4 is 23.2 Å². The van der Waals surface area contributed by atoms with Crippen LogP contribution in [0.3, 0.4) is 0 Å². The quantitative estimate of drug-likeness (QED) is 0.836. The summed E-state index contributed by atoms with van der Waals surface area (Å²) in [7, 11) is 0. The van der Waals surface area contributed by atoms with E-state index in [4.69, 9.17) is 4.74 Å². The third-order valence-electron chi connectivity index (χ3n) is 5.37. The van der Waals surface area contributed by atoms with Crippen molar-refractivity contribution < 1.29 is 14.3 Å². The summed E-state index contributed by atoms with van der Waals surface area (Å²) < 4.78 is 5.33. The van der Waals surface area contributed by atoms with Gasteiger partial charge in [0.2, 0.25) is 5.91 Å². The molecule has 7 heteroatoms. The van der Waals surface area contributed by atoms with Crippen molar-refractivity contribution in [2.75, 3.05) is 32.8 Å². The fourth-order valence-corrected chi connectivity index (χ4v) is 4.96. The number of morpholine rings is 1. The Labute approximate surface area is 168 Å². The Balaban J connectivity index is 1.32. The van der Waals surface area contributed by atoms with E-state index in [-0.39, 0.29) is 17.7 Å². The SMILES string of the molecule is O=C(NCCc1ccccn1)C1CCc2sc(C(=O)N3CCOCC3)cc2C1. The summed E-state index contributed by atoms with van der Waals surface area (Å²) in [5.74, 6) is 0.185. The number of amides is 2. The normalized spacial score (nSPS) is 19.1. The Morgan fingerprint density at radius 2 is 2.14 bits per heavy atom. The first kappa shape index (κ1) is 19.1. The maximum absolute atomic E-state index is 12.7. The van der Waals surface area contributed by atoms with E-state index >= 15 is 0 Å².